The lowest BCUT2D eigenvalue weighted by molar-refractivity contribution is -0.139. The highest BCUT2D eigenvalue weighted by molar-refractivity contribution is 6.32. The molecule has 190 valence electrons. The highest BCUT2D eigenvalue weighted by atomic mass is 35.5. The molecule has 1 amide bonds. The summed E-state index contributed by atoms with van der Waals surface area (Å²) >= 11 is 12.6. The third kappa shape index (κ3) is 6.53. The summed E-state index contributed by atoms with van der Waals surface area (Å²) in [5.41, 5.74) is 2.89. The normalized spacial score (nSPS) is 14.5. The molecule has 8 heteroatoms. The predicted octanol–water partition coefficient (Wildman–Crippen LogP) is 7.21. The molecule has 0 saturated heterocycles. The second kappa shape index (κ2) is 12.0. The first-order chi connectivity index (χ1) is 17.9. The number of ether oxygens (including phenoxy) is 2. The molecule has 3 aromatic carbocycles. The van der Waals surface area contributed by atoms with Crippen molar-refractivity contribution in [3.63, 3.8) is 0 Å². The molecule has 0 aromatic heterocycles. The van der Waals surface area contributed by atoms with Gasteiger partial charge in [0.15, 0.2) is 0 Å². The smallest absolute Gasteiger partial charge is 0.311 e. The number of hydrogen-bond donors (Lipinski definition) is 2. The van der Waals surface area contributed by atoms with Gasteiger partial charge >= 0.3 is 5.97 Å². The Bertz CT molecular complexity index is 1350. The van der Waals surface area contributed by atoms with Crippen LogP contribution in [0.4, 0.5) is 0 Å². The number of aliphatic carboxylic acids is 1. The number of fused-ring (bicyclic) bond motifs is 1. The highest BCUT2D eigenvalue weighted by Crippen LogP contribution is 2.41. The van der Waals surface area contributed by atoms with E-state index in [0.29, 0.717) is 59.4 Å². The first kappa shape index (κ1) is 26.3. The van der Waals surface area contributed by atoms with Crippen LogP contribution >= 0.6 is 23.2 Å². The molecule has 0 fully saturated rings. The Balaban J connectivity index is 1.31. The Labute approximate surface area is 225 Å². The van der Waals surface area contributed by atoms with Gasteiger partial charge in [0.05, 0.1) is 17.5 Å². The fourth-order valence-corrected chi connectivity index (χ4v) is 4.38. The largest absolute Gasteiger partial charge is 0.493 e. The molecule has 0 saturated carbocycles. The molecule has 1 heterocycles. The average molecular weight is 538 g/mol. The van der Waals surface area contributed by atoms with Crippen LogP contribution in [0.15, 0.2) is 67.3 Å². The molecule has 37 heavy (non-hydrogen) atoms. The van der Waals surface area contributed by atoms with Crippen LogP contribution in [-0.4, -0.2) is 30.1 Å². The van der Waals surface area contributed by atoms with E-state index in [1.54, 1.807) is 42.5 Å². The van der Waals surface area contributed by atoms with Crippen molar-refractivity contribution in [2.24, 2.45) is 0 Å². The molecule has 1 aliphatic heterocycles. The molecule has 1 unspecified atom stereocenters. The molecule has 4 rings (SSSR count). The number of rotatable bonds is 9. The zero-order valence-corrected chi connectivity index (χ0v) is 21.4. The van der Waals surface area contributed by atoms with Crippen molar-refractivity contribution in [2.75, 3.05) is 13.2 Å². The van der Waals surface area contributed by atoms with E-state index in [1.807, 2.05) is 30.4 Å². The van der Waals surface area contributed by atoms with Crippen LogP contribution in [-0.2, 0) is 4.79 Å². The topological polar surface area (TPSA) is 84.9 Å². The number of halogens is 2. The first-order valence-corrected chi connectivity index (χ1v) is 12.4. The van der Waals surface area contributed by atoms with Crippen molar-refractivity contribution < 1.29 is 24.2 Å². The third-order valence-corrected chi connectivity index (χ3v) is 6.52. The number of carbonyl (C=O) groups excluding carboxylic acids is 1. The Morgan fingerprint density at radius 3 is 2.59 bits per heavy atom. The lowest BCUT2D eigenvalue weighted by atomic mass is 9.93. The van der Waals surface area contributed by atoms with Crippen molar-refractivity contribution in [3.05, 3.63) is 99.6 Å². The van der Waals surface area contributed by atoms with Gasteiger partial charge in [0.1, 0.15) is 17.2 Å². The maximum Gasteiger partial charge on any atom is 0.311 e. The van der Waals surface area contributed by atoms with Crippen molar-refractivity contribution >= 4 is 47.2 Å². The summed E-state index contributed by atoms with van der Waals surface area (Å²) < 4.78 is 11.5. The van der Waals surface area contributed by atoms with E-state index in [1.165, 1.54) is 0 Å². The Kier molecular flexibility index (Phi) is 8.54. The first-order valence-electron chi connectivity index (χ1n) is 11.7. The number of carboxylic acid groups (broad SMARTS) is 1. The summed E-state index contributed by atoms with van der Waals surface area (Å²) in [6.07, 6.45) is 6.65. The van der Waals surface area contributed by atoms with Crippen LogP contribution in [0.2, 0.25) is 10.0 Å². The molecule has 6 nitrogen and oxygen atoms in total. The molecular weight excluding hydrogens is 513 g/mol. The quantitative estimate of drug-likeness (QED) is 0.281. The van der Waals surface area contributed by atoms with Gasteiger partial charge < -0.3 is 19.9 Å². The monoisotopic (exact) mass is 537 g/mol. The minimum absolute atomic E-state index is 0.201. The van der Waals surface area contributed by atoms with E-state index < -0.39 is 11.9 Å². The number of hydrogen-bond acceptors (Lipinski definition) is 4. The van der Waals surface area contributed by atoms with E-state index in [0.717, 1.165) is 11.1 Å². The van der Waals surface area contributed by atoms with Crippen LogP contribution in [0.5, 0.6) is 17.2 Å². The lowest BCUT2D eigenvalue weighted by Gasteiger charge is -2.24. The zero-order chi connectivity index (χ0) is 26.4. The Hall–Kier alpha value is -3.74. The van der Waals surface area contributed by atoms with E-state index in [4.69, 9.17) is 32.7 Å². The molecule has 0 radical (unpaired) electrons. The van der Waals surface area contributed by atoms with Crippen molar-refractivity contribution in [3.8, 4) is 17.2 Å². The van der Waals surface area contributed by atoms with Gasteiger partial charge in [0.25, 0.3) is 5.91 Å². The average Bonchev–Trinajstić information content (AvgIpc) is 2.89. The zero-order valence-electron chi connectivity index (χ0n) is 19.9. The van der Waals surface area contributed by atoms with Crippen molar-refractivity contribution in [1.29, 1.82) is 0 Å². The number of benzene rings is 3. The summed E-state index contributed by atoms with van der Waals surface area (Å²) in [5, 5.41) is 13.2. The molecular formula is C29H25Cl2NO5. The maximum atomic E-state index is 12.5. The second-order valence-electron chi connectivity index (χ2n) is 8.41. The van der Waals surface area contributed by atoms with Crippen molar-refractivity contribution in [2.45, 2.75) is 18.8 Å². The Morgan fingerprint density at radius 1 is 1.11 bits per heavy atom. The van der Waals surface area contributed by atoms with E-state index in [2.05, 4.69) is 11.9 Å². The lowest BCUT2D eigenvalue weighted by Crippen LogP contribution is -2.23. The standard InChI is InChI=1S/C29H25Cl2NO5/c1-2-18-6-7-19(24(30)15-18)5-3-4-13-32-28(33)20-8-10-21(11-9-20)37-27-17-26-23(16-25(27)31)22(29(34)35)12-14-36-26/h2-3,5-11,15-17,22H,1,4,12-14H2,(H,32,33)(H,34,35)/b5-3-. The minimum atomic E-state index is -0.915. The van der Waals surface area contributed by atoms with E-state index >= 15 is 0 Å². The van der Waals surface area contributed by atoms with Crippen LogP contribution in [0.1, 0.15) is 45.8 Å². The molecule has 0 spiro atoms. The SMILES string of the molecule is C=Cc1ccc(/C=C\CCNC(=O)c2ccc(Oc3cc4c(cc3Cl)C(C(=O)O)CCO4)cc2)c(Cl)c1. The maximum absolute atomic E-state index is 12.5. The molecule has 1 aliphatic rings. The van der Waals surface area contributed by atoms with Gasteiger partial charge in [0.2, 0.25) is 0 Å². The van der Waals surface area contributed by atoms with Gasteiger partial charge in [-0.1, -0.05) is 60.1 Å². The second-order valence-corrected chi connectivity index (χ2v) is 9.22. The van der Waals surface area contributed by atoms with Gasteiger partial charge in [-0.05, 0) is 60.4 Å². The third-order valence-electron chi connectivity index (χ3n) is 5.90. The van der Waals surface area contributed by atoms with Gasteiger partial charge in [-0.2, -0.15) is 0 Å². The number of carboxylic acids is 1. The molecule has 2 N–H and O–H groups in total. The molecule has 0 bridgehead atoms. The Morgan fingerprint density at radius 2 is 1.89 bits per heavy atom. The summed E-state index contributed by atoms with van der Waals surface area (Å²) in [7, 11) is 0. The summed E-state index contributed by atoms with van der Waals surface area (Å²) in [5.74, 6) is -0.513. The van der Waals surface area contributed by atoms with Gasteiger partial charge in [-0.15, -0.1) is 0 Å². The summed E-state index contributed by atoms with van der Waals surface area (Å²) in [6, 6.07) is 15.5. The van der Waals surface area contributed by atoms with Gasteiger partial charge in [-0.3, -0.25) is 9.59 Å². The number of carbonyl (C=O) groups is 2. The summed E-state index contributed by atoms with van der Waals surface area (Å²) in [4.78, 5) is 24.0. The van der Waals surface area contributed by atoms with Crippen LogP contribution in [0.25, 0.3) is 12.2 Å². The highest BCUT2D eigenvalue weighted by Gasteiger charge is 2.29. The van der Waals surface area contributed by atoms with E-state index in [-0.39, 0.29) is 10.9 Å². The number of nitrogens with one attached hydrogen (secondary N) is 1. The van der Waals surface area contributed by atoms with Gasteiger partial charge in [0, 0.05) is 28.8 Å². The van der Waals surface area contributed by atoms with Crippen molar-refractivity contribution in [1.82, 2.24) is 5.32 Å². The van der Waals surface area contributed by atoms with E-state index in [9.17, 15) is 14.7 Å². The summed E-state index contributed by atoms with van der Waals surface area (Å²) in [6.45, 7) is 4.50. The fourth-order valence-electron chi connectivity index (χ4n) is 3.91. The van der Waals surface area contributed by atoms with Gasteiger partial charge in [-0.25, -0.2) is 0 Å². The molecule has 0 aliphatic carbocycles. The van der Waals surface area contributed by atoms with Crippen LogP contribution in [0, 0.1) is 0 Å². The fraction of sp³-hybridized carbons (Fsp3) is 0.172. The molecule has 1 atom stereocenters. The van der Waals surface area contributed by atoms with Crippen LogP contribution in [0.3, 0.4) is 0 Å². The molecule has 3 aromatic rings. The minimum Gasteiger partial charge on any atom is -0.493 e. The predicted molar refractivity (Wildman–Crippen MR) is 146 cm³/mol. The number of amides is 1. The van der Waals surface area contributed by atoms with Crippen LogP contribution < -0.4 is 14.8 Å².